The van der Waals surface area contributed by atoms with Crippen LogP contribution in [0.1, 0.15) is 11.7 Å². The van der Waals surface area contributed by atoms with Crippen LogP contribution >= 0.6 is 0 Å². The number of nitrogens with zero attached hydrogens (tertiary/aromatic N) is 4. The van der Waals surface area contributed by atoms with Crippen LogP contribution in [0.3, 0.4) is 0 Å². The highest BCUT2D eigenvalue weighted by atomic mass is 19.1. The molecule has 3 aromatic rings. The van der Waals surface area contributed by atoms with Crippen LogP contribution in [0.4, 0.5) is 10.1 Å². The molecule has 1 N–H and O–H groups in total. The molecular weight excluding hydrogens is 315 g/mol. The van der Waals surface area contributed by atoms with Crippen LogP contribution in [-0.4, -0.2) is 24.8 Å². The van der Waals surface area contributed by atoms with E-state index >= 15 is 0 Å². The molecule has 3 rings (SSSR count). The molecule has 122 valence electrons. The van der Waals surface area contributed by atoms with Crippen molar-refractivity contribution < 1.29 is 14.4 Å². The number of pyridine rings is 1. The minimum absolute atomic E-state index is 0.0115. The highest BCUT2D eigenvalue weighted by Crippen LogP contribution is 2.28. The summed E-state index contributed by atoms with van der Waals surface area (Å²) in [7, 11) is 0. The van der Waals surface area contributed by atoms with Crippen molar-refractivity contribution in [1.29, 1.82) is 0 Å². The van der Waals surface area contributed by atoms with Crippen molar-refractivity contribution in [2.75, 3.05) is 0 Å². The second-order valence-corrected chi connectivity index (χ2v) is 5.15. The monoisotopic (exact) mass is 328 g/mol. The maximum Gasteiger partial charge on any atom is 0.314 e. The molecule has 8 heteroatoms. The van der Waals surface area contributed by atoms with Gasteiger partial charge in [0, 0.05) is 18.0 Å². The summed E-state index contributed by atoms with van der Waals surface area (Å²) in [4.78, 5) is 14.6. The molecule has 0 spiro atoms. The molecular formula is C16H13FN4O3. The lowest BCUT2D eigenvalue weighted by atomic mass is 10.1. The average molecular weight is 328 g/mol. The fraction of sp³-hybridized carbons (Fsp3) is 0.125. The Morgan fingerprint density at radius 1 is 1.21 bits per heavy atom. The van der Waals surface area contributed by atoms with Crippen molar-refractivity contribution >= 4 is 5.69 Å². The maximum absolute atomic E-state index is 12.9. The third kappa shape index (κ3) is 3.28. The van der Waals surface area contributed by atoms with Gasteiger partial charge in [0.05, 0.1) is 17.6 Å². The summed E-state index contributed by atoms with van der Waals surface area (Å²) in [6, 6.07) is 8.65. The Labute approximate surface area is 136 Å². The Morgan fingerprint density at radius 3 is 2.50 bits per heavy atom. The van der Waals surface area contributed by atoms with Crippen molar-refractivity contribution in [3.63, 3.8) is 0 Å². The lowest BCUT2D eigenvalue weighted by Crippen LogP contribution is -2.09. The van der Waals surface area contributed by atoms with Crippen LogP contribution in [0.5, 0.6) is 0 Å². The summed E-state index contributed by atoms with van der Waals surface area (Å²) in [6.07, 6.45) is 3.34. The van der Waals surface area contributed by atoms with Crippen LogP contribution in [-0.2, 0) is 6.54 Å². The molecule has 0 bridgehead atoms. The second-order valence-electron chi connectivity index (χ2n) is 5.15. The Hall–Kier alpha value is -3.13. The fourth-order valence-electron chi connectivity index (χ4n) is 2.32. The molecule has 0 aliphatic carbocycles. The van der Waals surface area contributed by atoms with E-state index in [1.54, 1.807) is 12.1 Å². The van der Waals surface area contributed by atoms with Crippen LogP contribution < -0.4 is 0 Å². The largest absolute Gasteiger partial charge is 0.386 e. The predicted octanol–water partition coefficient (Wildman–Crippen LogP) is 2.73. The molecule has 1 aromatic carbocycles. The van der Waals surface area contributed by atoms with E-state index in [1.807, 2.05) is 0 Å². The summed E-state index contributed by atoms with van der Waals surface area (Å²) >= 11 is 0. The Bertz CT molecular complexity index is 850. The number of halogens is 1. The van der Waals surface area contributed by atoms with E-state index in [0.29, 0.717) is 11.1 Å². The lowest BCUT2D eigenvalue weighted by molar-refractivity contribution is -0.384. The van der Waals surface area contributed by atoms with Crippen molar-refractivity contribution in [2.45, 2.75) is 12.6 Å². The van der Waals surface area contributed by atoms with E-state index in [9.17, 15) is 19.6 Å². The van der Waals surface area contributed by atoms with Gasteiger partial charge in [0.2, 0.25) is 0 Å². The molecule has 1 atom stereocenters. The molecule has 0 amide bonds. The van der Waals surface area contributed by atoms with Gasteiger partial charge in [0.1, 0.15) is 12.0 Å². The first-order valence-electron chi connectivity index (χ1n) is 7.10. The summed E-state index contributed by atoms with van der Waals surface area (Å²) in [5.74, 6) is -0.402. The normalized spacial score (nSPS) is 12.1. The summed E-state index contributed by atoms with van der Waals surface area (Å²) in [5, 5.41) is 25.6. The number of benzene rings is 1. The van der Waals surface area contributed by atoms with Gasteiger partial charge in [-0.1, -0.05) is 12.1 Å². The molecule has 7 nitrogen and oxygen atoms in total. The van der Waals surface area contributed by atoms with Gasteiger partial charge in [-0.3, -0.25) is 19.8 Å². The quantitative estimate of drug-likeness (QED) is 0.574. The highest BCUT2D eigenvalue weighted by Gasteiger charge is 2.22. The molecule has 0 saturated heterocycles. The van der Waals surface area contributed by atoms with E-state index in [2.05, 4.69) is 10.1 Å². The second kappa shape index (κ2) is 6.55. The van der Waals surface area contributed by atoms with Gasteiger partial charge in [-0.25, -0.2) is 4.39 Å². The summed E-state index contributed by atoms with van der Waals surface area (Å²) < 4.78 is 14.2. The van der Waals surface area contributed by atoms with E-state index in [0.717, 1.165) is 0 Å². The molecule has 1 unspecified atom stereocenters. The van der Waals surface area contributed by atoms with Gasteiger partial charge in [0.15, 0.2) is 5.69 Å². The molecule has 24 heavy (non-hydrogen) atoms. The zero-order valence-corrected chi connectivity index (χ0v) is 12.4. The number of aliphatic hydroxyl groups excluding tert-OH is 1. The van der Waals surface area contributed by atoms with E-state index < -0.39 is 16.8 Å². The Morgan fingerprint density at radius 2 is 1.88 bits per heavy atom. The molecule has 0 aliphatic heterocycles. The maximum atomic E-state index is 12.9. The van der Waals surface area contributed by atoms with Crippen molar-refractivity contribution in [2.24, 2.45) is 0 Å². The fourth-order valence-corrected chi connectivity index (χ4v) is 2.32. The molecule has 0 radical (unpaired) electrons. The van der Waals surface area contributed by atoms with Crippen molar-refractivity contribution in [1.82, 2.24) is 14.8 Å². The van der Waals surface area contributed by atoms with Gasteiger partial charge < -0.3 is 5.11 Å². The number of rotatable bonds is 5. The van der Waals surface area contributed by atoms with Gasteiger partial charge in [-0.05, 0) is 29.8 Å². The van der Waals surface area contributed by atoms with Crippen LogP contribution in [0.25, 0.3) is 11.3 Å². The Kier molecular flexibility index (Phi) is 4.30. The smallest absolute Gasteiger partial charge is 0.314 e. The van der Waals surface area contributed by atoms with E-state index in [-0.39, 0.29) is 17.9 Å². The number of nitro groups is 1. The van der Waals surface area contributed by atoms with Gasteiger partial charge in [0.25, 0.3) is 0 Å². The first-order chi connectivity index (χ1) is 11.5. The zero-order valence-electron chi connectivity index (χ0n) is 12.4. The first kappa shape index (κ1) is 15.8. The van der Waals surface area contributed by atoms with Gasteiger partial charge in [-0.15, -0.1) is 0 Å². The van der Waals surface area contributed by atoms with Crippen LogP contribution in [0.2, 0.25) is 0 Å². The zero-order chi connectivity index (χ0) is 17.1. The standard InChI is InChI=1S/C16H13FN4O3/c17-13-3-1-11(2-4-13)15(22)10-20-9-14(21(23)24)16(19-20)12-5-7-18-8-6-12/h1-9,15,22H,10H2. The number of hydrogen-bond donors (Lipinski definition) is 1. The minimum atomic E-state index is -0.963. The Balaban J connectivity index is 1.89. The summed E-state index contributed by atoms with van der Waals surface area (Å²) in [6.45, 7) is 0.0115. The highest BCUT2D eigenvalue weighted by molar-refractivity contribution is 5.68. The molecule has 2 heterocycles. The van der Waals surface area contributed by atoms with Gasteiger partial charge >= 0.3 is 5.69 Å². The van der Waals surface area contributed by atoms with Crippen LogP contribution in [0.15, 0.2) is 55.0 Å². The molecule has 2 aromatic heterocycles. The van der Waals surface area contributed by atoms with E-state index in [1.165, 1.54) is 47.5 Å². The average Bonchev–Trinajstić information content (AvgIpc) is 3.00. The first-order valence-corrected chi connectivity index (χ1v) is 7.10. The van der Waals surface area contributed by atoms with Crippen molar-refractivity contribution in [3.8, 4) is 11.3 Å². The SMILES string of the molecule is O=[N+]([O-])c1cn(CC(O)c2ccc(F)cc2)nc1-c1ccncc1. The molecule has 0 aliphatic rings. The third-order valence-corrected chi connectivity index (χ3v) is 3.51. The minimum Gasteiger partial charge on any atom is -0.386 e. The third-order valence-electron chi connectivity index (χ3n) is 3.51. The number of aromatic nitrogens is 3. The summed E-state index contributed by atoms with van der Waals surface area (Å²) in [5.41, 5.74) is 1.10. The molecule has 0 saturated carbocycles. The van der Waals surface area contributed by atoms with Crippen LogP contribution in [0, 0.1) is 15.9 Å². The lowest BCUT2D eigenvalue weighted by Gasteiger charge is -2.10. The number of hydrogen-bond acceptors (Lipinski definition) is 5. The van der Waals surface area contributed by atoms with Crippen molar-refractivity contribution in [3.05, 3.63) is 76.5 Å². The molecule has 0 fully saturated rings. The topological polar surface area (TPSA) is 94.1 Å². The van der Waals surface area contributed by atoms with E-state index in [4.69, 9.17) is 0 Å². The van der Waals surface area contributed by atoms with Gasteiger partial charge in [-0.2, -0.15) is 5.10 Å². The predicted molar refractivity (Wildman–Crippen MR) is 83.5 cm³/mol. The number of aliphatic hydroxyl groups is 1.